The molecule has 0 spiro atoms. The Bertz CT molecular complexity index is 1430. The maximum Gasteiger partial charge on any atom is 0.318 e. The van der Waals surface area contributed by atoms with Crippen LogP contribution < -0.4 is 14.5 Å². The first kappa shape index (κ1) is 28.2. The van der Waals surface area contributed by atoms with Gasteiger partial charge in [-0.2, -0.15) is 9.97 Å². The number of ether oxygens (including phenoxy) is 2. The van der Waals surface area contributed by atoms with Crippen LogP contribution >= 0.6 is 0 Å². The number of likely N-dealkylation sites (tertiary alicyclic amines) is 1. The molecule has 3 aliphatic rings. The fourth-order valence-electron chi connectivity index (χ4n) is 6.36. The van der Waals surface area contributed by atoms with Crippen LogP contribution in [0.4, 0.5) is 11.5 Å². The van der Waals surface area contributed by atoms with Gasteiger partial charge < -0.3 is 29.3 Å². The van der Waals surface area contributed by atoms with Crippen molar-refractivity contribution >= 4 is 28.2 Å². The third kappa shape index (κ3) is 6.00. The second kappa shape index (κ2) is 12.5. The van der Waals surface area contributed by atoms with Crippen LogP contribution in [0.25, 0.3) is 10.8 Å². The quantitative estimate of drug-likeness (QED) is 0.409. The van der Waals surface area contributed by atoms with Crippen LogP contribution in [-0.2, 0) is 22.5 Å². The van der Waals surface area contributed by atoms with E-state index < -0.39 is 0 Å². The zero-order chi connectivity index (χ0) is 29.1. The number of aromatic hydroxyl groups is 1. The number of benzene rings is 2. The van der Waals surface area contributed by atoms with Crippen molar-refractivity contribution in [1.82, 2.24) is 19.8 Å². The highest BCUT2D eigenvalue weighted by Crippen LogP contribution is 2.36. The van der Waals surface area contributed by atoms with Gasteiger partial charge in [0.05, 0.1) is 18.3 Å². The van der Waals surface area contributed by atoms with Crippen LogP contribution in [0.3, 0.4) is 0 Å². The Morgan fingerprint density at radius 1 is 1.05 bits per heavy atom. The molecule has 10 heteroatoms. The SMILES string of the molecule is C=CC(=O)N1CCN(c2nc(OCCN3CCC(OC)CC3)nc3c2CCN(c2cc(O)cc4ccccc24)C3)CC1. The number of hydrogen-bond donors (Lipinski definition) is 1. The molecule has 2 aromatic carbocycles. The fraction of sp³-hybridized carbons (Fsp3) is 0.469. The molecule has 3 aromatic rings. The van der Waals surface area contributed by atoms with Crippen molar-refractivity contribution in [2.75, 3.05) is 75.9 Å². The van der Waals surface area contributed by atoms with Crippen molar-refractivity contribution in [1.29, 1.82) is 0 Å². The largest absolute Gasteiger partial charge is 0.508 e. The van der Waals surface area contributed by atoms with Crippen molar-refractivity contribution < 1.29 is 19.4 Å². The molecule has 2 saturated heterocycles. The van der Waals surface area contributed by atoms with Crippen molar-refractivity contribution in [3.63, 3.8) is 0 Å². The molecule has 42 heavy (non-hydrogen) atoms. The number of phenolic OH excluding ortho intramolecular Hbond substituents is 1. The number of nitrogens with zero attached hydrogens (tertiary/aromatic N) is 6. The number of hydrogen-bond acceptors (Lipinski definition) is 9. The first-order chi connectivity index (χ1) is 20.5. The predicted octanol–water partition coefficient (Wildman–Crippen LogP) is 3.22. The minimum absolute atomic E-state index is 0.0353. The van der Waals surface area contributed by atoms with Crippen LogP contribution in [0, 0.1) is 0 Å². The predicted molar refractivity (Wildman–Crippen MR) is 163 cm³/mol. The van der Waals surface area contributed by atoms with E-state index >= 15 is 0 Å². The van der Waals surface area contributed by atoms with Gasteiger partial charge in [-0.05, 0) is 36.8 Å². The van der Waals surface area contributed by atoms with Crippen molar-refractivity contribution in [2.24, 2.45) is 0 Å². The average Bonchev–Trinajstić information content (AvgIpc) is 3.03. The summed E-state index contributed by atoms with van der Waals surface area (Å²) in [5.41, 5.74) is 3.07. The standard InChI is InChI=1S/C32H40N6O4/c1-3-30(40)36-14-16-37(17-15-36)31-27-10-13-38(29-21-24(39)20-23-6-4-5-7-26(23)29)22-28(27)33-32(34-31)42-19-18-35-11-8-25(41-2)9-12-35/h3-7,20-21,25,39H,1,8-19,22H2,2H3. The van der Waals surface area contributed by atoms with Crippen molar-refractivity contribution in [3.8, 4) is 11.8 Å². The van der Waals surface area contributed by atoms with Gasteiger partial charge >= 0.3 is 6.01 Å². The summed E-state index contributed by atoms with van der Waals surface area (Å²) in [4.78, 5) is 30.8. The average molecular weight is 573 g/mol. The third-order valence-corrected chi connectivity index (χ3v) is 8.76. The summed E-state index contributed by atoms with van der Waals surface area (Å²) in [6.45, 7) is 11.0. The lowest BCUT2D eigenvalue weighted by Gasteiger charge is -2.38. The van der Waals surface area contributed by atoms with Gasteiger partial charge in [-0.3, -0.25) is 9.69 Å². The van der Waals surface area contributed by atoms with Crippen LogP contribution in [-0.4, -0.2) is 103 Å². The van der Waals surface area contributed by atoms with Gasteiger partial charge in [0.25, 0.3) is 0 Å². The second-order valence-electron chi connectivity index (χ2n) is 11.3. The lowest BCUT2D eigenvalue weighted by molar-refractivity contribution is -0.126. The molecule has 2 fully saturated rings. The topological polar surface area (TPSA) is 94.5 Å². The molecule has 1 N–H and O–H groups in total. The molecule has 0 bridgehead atoms. The molecule has 1 amide bonds. The monoisotopic (exact) mass is 572 g/mol. The molecule has 6 rings (SSSR count). The molecular weight excluding hydrogens is 532 g/mol. The minimum atomic E-state index is -0.0353. The van der Waals surface area contributed by atoms with E-state index in [0.717, 1.165) is 79.0 Å². The summed E-state index contributed by atoms with van der Waals surface area (Å²) in [5, 5.41) is 12.6. The molecule has 4 heterocycles. The van der Waals surface area contributed by atoms with Gasteiger partial charge in [0.15, 0.2) is 0 Å². The van der Waals surface area contributed by atoms with Crippen molar-refractivity contribution in [3.05, 3.63) is 60.3 Å². The van der Waals surface area contributed by atoms with Gasteiger partial charge in [-0.15, -0.1) is 0 Å². The van der Waals surface area contributed by atoms with E-state index in [2.05, 4.69) is 27.3 Å². The lowest BCUT2D eigenvalue weighted by atomic mass is 10.0. The van der Waals surface area contributed by atoms with Crippen LogP contribution in [0.5, 0.6) is 11.8 Å². The number of piperazine rings is 1. The molecule has 1 aromatic heterocycles. The molecule has 0 aliphatic carbocycles. The Morgan fingerprint density at radius 2 is 1.83 bits per heavy atom. The molecule has 0 radical (unpaired) electrons. The molecule has 0 unspecified atom stereocenters. The fourth-order valence-corrected chi connectivity index (χ4v) is 6.36. The first-order valence-corrected chi connectivity index (χ1v) is 14.9. The number of aromatic nitrogens is 2. The number of anilines is 2. The first-order valence-electron chi connectivity index (χ1n) is 14.9. The van der Waals surface area contributed by atoms with Gasteiger partial charge in [-0.25, -0.2) is 0 Å². The van der Waals surface area contributed by atoms with Crippen LogP contribution in [0.2, 0.25) is 0 Å². The minimum Gasteiger partial charge on any atom is -0.508 e. The number of methoxy groups -OCH3 is 1. The maximum absolute atomic E-state index is 12.2. The van der Waals surface area contributed by atoms with E-state index in [4.69, 9.17) is 19.4 Å². The zero-order valence-electron chi connectivity index (χ0n) is 24.4. The smallest absolute Gasteiger partial charge is 0.318 e. The number of rotatable bonds is 8. The van der Waals surface area contributed by atoms with Gasteiger partial charge in [0, 0.05) is 82.2 Å². The Balaban J connectivity index is 1.24. The van der Waals surface area contributed by atoms with E-state index in [1.54, 1.807) is 13.2 Å². The van der Waals surface area contributed by atoms with Crippen molar-refractivity contribution in [2.45, 2.75) is 31.9 Å². The maximum atomic E-state index is 12.2. The van der Waals surface area contributed by atoms with Crippen LogP contribution in [0.15, 0.2) is 49.1 Å². The normalized spacial score (nSPS) is 18.3. The Labute approximate surface area is 247 Å². The van der Waals surface area contributed by atoms with Crippen LogP contribution in [0.1, 0.15) is 24.1 Å². The van der Waals surface area contributed by atoms with Gasteiger partial charge in [-0.1, -0.05) is 30.8 Å². The third-order valence-electron chi connectivity index (χ3n) is 8.76. The number of amides is 1. The van der Waals surface area contributed by atoms with E-state index in [-0.39, 0.29) is 11.7 Å². The number of phenols is 1. The second-order valence-corrected chi connectivity index (χ2v) is 11.3. The molecule has 3 aliphatic heterocycles. The van der Waals surface area contributed by atoms with E-state index in [1.165, 1.54) is 6.08 Å². The van der Waals surface area contributed by atoms with Gasteiger partial charge in [0.1, 0.15) is 18.2 Å². The lowest BCUT2D eigenvalue weighted by Crippen LogP contribution is -2.49. The highest BCUT2D eigenvalue weighted by Gasteiger charge is 2.29. The molecule has 222 valence electrons. The Kier molecular flexibility index (Phi) is 8.43. The number of carbonyl (C=O) groups excluding carboxylic acids is 1. The summed E-state index contributed by atoms with van der Waals surface area (Å²) in [5.74, 6) is 1.12. The number of fused-ring (bicyclic) bond motifs is 2. The highest BCUT2D eigenvalue weighted by molar-refractivity contribution is 5.95. The molecule has 10 nitrogen and oxygen atoms in total. The van der Waals surface area contributed by atoms with E-state index in [0.29, 0.717) is 51.4 Å². The highest BCUT2D eigenvalue weighted by atomic mass is 16.5. The molecular formula is C32H40N6O4. The summed E-state index contributed by atoms with van der Waals surface area (Å²) in [6, 6.07) is 12.2. The summed E-state index contributed by atoms with van der Waals surface area (Å²) >= 11 is 0. The van der Waals surface area contributed by atoms with E-state index in [1.807, 2.05) is 29.2 Å². The van der Waals surface area contributed by atoms with Gasteiger partial charge in [0.2, 0.25) is 5.91 Å². The summed E-state index contributed by atoms with van der Waals surface area (Å²) < 4.78 is 11.7. The summed E-state index contributed by atoms with van der Waals surface area (Å²) in [6.07, 6.45) is 4.58. The Hall–Kier alpha value is -3.89. The number of carbonyl (C=O) groups is 1. The van der Waals surface area contributed by atoms with E-state index in [9.17, 15) is 9.90 Å². The molecule has 0 atom stereocenters. The zero-order valence-corrected chi connectivity index (χ0v) is 24.4. The molecule has 0 saturated carbocycles. The Morgan fingerprint density at radius 3 is 2.60 bits per heavy atom. The number of piperidine rings is 1. The summed E-state index contributed by atoms with van der Waals surface area (Å²) in [7, 11) is 1.79.